The summed E-state index contributed by atoms with van der Waals surface area (Å²) in [5.74, 6) is 0.728. The Morgan fingerprint density at radius 2 is 2.27 bits per heavy atom. The van der Waals surface area contributed by atoms with Crippen molar-refractivity contribution in [1.29, 1.82) is 0 Å². The molecule has 0 aliphatic carbocycles. The zero-order chi connectivity index (χ0) is 16.2. The summed E-state index contributed by atoms with van der Waals surface area (Å²) in [6, 6.07) is 0. The van der Waals surface area contributed by atoms with Crippen LogP contribution >= 0.6 is 0 Å². The van der Waals surface area contributed by atoms with Crippen molar-refractivity contribution < 1.29 is 14.3 Å². The molecule has 0 radical (unpaired) electrons. The number of aryl methyl sites for hydroxylation is 1. The van der Waals surface area contributed by atoms with E-state index in [1.165, 1.54) is 0 Å². The van der Waals surface area contributed by atoms with E-state index in [1.807, 2.05) is 16.4 Å². The molecule has 0 bridgehead atoms. The Morgan fingerprint density at radius 3 is 2.86 bits per heavy atom. The van der Waals surface area contributed by atoms with Gasteiger partial charge in [0.05, 0.1) is 18.6 Å². The average Bonchev–Trinajstić information content (AvgIpc) is 3.06. The Morgan fingerprint density at radius 1 is 1.50 bits per heavy atom. The van der Waals surface area contributed by atoms with Crippen LogP contribution in [0.4, 0.5) is 0 Å². The van der Waals surface area contributed by atoms with Gasteiger partial charge in [0, 0.05) is 33.1 Å². The predicted octanol–water partition coefficient (Wildman–Crippen LogP) is 0.335. The van der Waals surface area contributed by atoms with Crippen LogP contribution in [0.2, 0.25) is 0 Å². The number of imidazole rings is 1. The molecule has 1 fully saturated rings. The van der Waals surface area contributed by atoms with Gasteiger partial charge < -0.3 is 19.5 Å². The maximum Gasteiger partial charge on any atom is 0.243 e. The van der Waals surface area contributed by atoms with E-state index in [4.69, 9.17) is 4.74 Å². The fourth-order valence-electron chi connectivity index (χ4n) is 3.17. The van der Waals surface area contributed by atoms with Gasteiger partial charge in [0.15, 0.2) is 0 Å². The molecule has 1 aliphatic rings. The minimum atomic E-state index is -0.541. The van der Waals surface area contributed by atoms with E-state index in [-0.39, 0.29) is 24.8 Å². The molecule has 0 unspecified atom stereocenters. The van der Waals surface area contributed by atoms with E-state index in [1.54, 1.807) is 26.6 Å². The molecular formula is C15H24N4O3. The lowest BCUT2D eigenvalue weighted by Crippen LogP contribution is -2.53. The van der Waals surface area contributed by atoms with E-state index in [0.717, 1.165) is 18.7 Å². The van der Waals surface area contributed by atoms with E-state index < -0.39 is 5.54 Å². The quantitative estimate of drug-likeness (QED) is 0.822. The molecule has 1 N–H and O–H groups in total. The number of methoxy groups -OCH3 is 1. The number of nitrogens with zero attached hydrogens (tertiary/aromatic N) is 3. The molecule has 22 heavy (non-hydrogen) atoms. The Balaban J connectivity index is 2.17. The summed E-state index contributed by atoms with van der Waals surface area (Å²) in [4.78, 5) is 30.5. The first-order valence-corrected chi connectivity index (χ1v) is 7.50. The van der Waals surface area contributed by atoms with E-state index >= 15 is 0 Å². The molecule has 7 heteroatoms. The smallest absolute Gasteiger partial charge is 0.243 e. The molecule has 1 atom stereocenters. The van der Waals surface area contributed by atoms with Gasteiger partial charge in [-0.3, -0.25) is 9.59 Å². The zero-order valence-electron chi connectivity index (χ0n) is 13.5. The summed E-state index contributed by atoms with van der Waals surface area (Å²) >= 11 is 0. The number of likely N-dealkylation sites (tertiary alicyclic amines) is 1. The van der Waals surface area contributed by atoms with Crippen LogP contribution in [0, 0.1) is 6.92 Å². The summed E-state index contributed by atoms with van der Waals surface area (Å²) in [6.45, 7) is 3.14. The maximum absolute atomic E-state index is 12.7. The van der Waals surface area contributed by atoms with Crippen molar-refractivity contribution >= 4 is 11.8 Å². The molecule has 1 aromatic heterocycles. The van der Waals surface area contributed by atoms with Gasteiger partial charge in [0.1, 0.15) is 12.4 Å². The minimum absolute atomic E-state index is 0.000414. The average molecular weight is 308 g/mol. The highest BCUT2D eigenvalue weighted by molar-refractivity contribution is 5.81. The first-order valence-electron chi connectivity index (χ1n) is 7.50. The van der Waals surface area contributed by atoms with Crippen LogP contribution in [0.15, 0.2) is 12.4 Å². The number of hydrogen-bond donors (Lipinski definition) is 1. The van der Waals surface area contributed by atoms with Crippen molar-refractivity contribution in [3.8, 4) is 0 Å². The lowest BCUT2D eigenvalue weighted by Gasteiger charge is -2.37. The van der Waals surface area contributed by atoms with E-state index in [0.29, 0.717) is 13.2 Å². The van der Waals surface area contributed by atoms with Crippen LogP contribution in [0.5, 0.6) is 0 Å². The standard InChI is InChI=1S/C15H24N4O3/c1-12-17-6-8-18(12)10-14(21)19-7-4-5-15(19,11-22-3)9-13(20)16-2/h6,8H,4-5,7,9-11H2,1-3H3,(H,16,20)/t15-/m0/s1. The van der Waals surface area contributed by atoms with Crippen molar-refractivity contribution in [3.63, 3.8) is 0 Å². The monoisotopic (exact) mass is 308 g/mol. The minimum Gasteiger partial charge on any atom is -0.382 e. The van der Waals surface area contributed by atoms with Crippen molar-refractivity contribution in [2.45, 2.75) is 38.3 Å². The van der Waals surface area contributed by atoms with Gasteiger partial charge in [0.2, 0.25) is 11.8 Å². The first kappa shape index (κ1) is 16.5. The Labute approximate surface area is 130 Å². The maximum atomic E-state index is 12.7. The zero-order valence-corrected chi connectivity index (χ0v) is 13.5. The predicted molar refractivity (Wildman–Crippen MR) is 81.2 cm³/mol. The largest absolute Gasteiger partial charge is 0.382 e. The molecule has 1 saturated heterocycles. The first-order chi connectivity index (χ1) is 10.5. The van der Waals surface area contributed by atoms with Gasteiger partial charge in [-0.05, 0) is 19.8 Å². The second kappa shape index (κ2) is 6.91. The van der Waals surface area contributed by atoms with Crippen LogP contribution < -0.4 is 5.32 Å². The van der Waals surface area contributed by atoms with Crippen molar-refractivity contribution in [3.05, 3.63) is 18.2 Å². The third-order valence-electron chi connectivity index (χ3n) is 4.31. The molecule has 2 heterocycles. The number of hydrogen-bond acceptors (Lipinski definition) is 4. The number of ether oxygens (including phenoxy) is 1. The second-order valence-electron chi connectivity index (χ2n) is 5.76. The molecule has 1 aliphatic heterocycles. The summed E-state index contributed by atoms with van der Waals surface area (Å²) < 4.78 is 7.14. The van der Waals surface area contributed by atoms with Crippen molar-refractivity contribution in [1.82, 2.24) is 19.8 Å². The molecule has 7 nitrogen and oxygen atoms in total. The second-order valence-corrected chi connectivity index (χ2v) is 5.76. The van der Waals surface area contributed by atoms with Gasteiger partial charge in [-0.15, -0.1) is 0 Å². The van der Waals surface area contributed by atoms with Gasteiger partial charge in [-0.2, -0.15) is 0 Å². The SMILES string of the molecule is CNC(=O)C[C@]1(COC)CCCN1C(=O)Cn1ccnc1C. The van der Waals surface area contributed by atoms with Gasteiger partial charge in [0.25, 0.3) is 0 Å². The van der Waals surface area contributed by atoms with E-state index in [2.05, 4.69) is 10.3 Å². The highest BCUT2D eigenvalue weighted by Gasteiger charge is 2.45. The summed E-state index contributed by atoms with van der Waals surface area (Å²) in [5, 5.41) is 2.64. The highest BCUT2D eigenvalue weighted by atomic mass is 16.5. The van der Waals surface area contributed by atoms with Crippen molar-refractivity contribution in [2.24, 2.45) is 0 Å². The Kier molecular flexibility index (Phi) is 5.18. The fourth-order valence-corrected chi connectivity index (χ4v) is 3.17. The molecular weight excluding hydrogens is 284 g/mol. The van der Waals surface area contributed by atoms with Crippen molar-refractivity contribution in [2.75, 3.05) is 27.3 Å². The third kappa shape index (κ3) is 3.30. The molecule has 0 saturated carbocycles. The Hall–Kier alpha value is -1.89. The molecule has 2 amide bonds. The number of carbonyl (C=O) groups is 2. The van der Waals surface area contributed by atoms with Crippen LogP contribution in [-0.2, 0) is 20.9 Å². The number of aromatic nitrogens is 2. The summed E-state index contributed by atoms with van der Waals surface area (Å²) in [6.07, 6.45) is 5.41. The number of carbonyl (C=O) groups excluding carboxylic acids is 2. The number of amides is 2. The van der Waals surface area contributed by atoms with Gasteiger partial charge in [-0.1, -0.05) is 0 Å². The highest BCUT2D eigenvalue weighted by Crippen LogP contribution is 2.33. The van der Waals surface area contributed by atoms with Gasteiger partial charge in [-0.25, -0.2) is 4.98 Å². The van der Waals surface area contributed by atoms with Crippen LogP contribution in [0.3, 0.4) is 0 Å². The summed E-state index contributed by atoms with van der Waals surface area (Å²) in [7, 11) is 3.21. The molecule has 2 rings (SSSR count). The lowest BCUT2D eigenvalue weighted by atomic mass is 9.92. The van der Waals surface area contributed by atoms with Crippen LogP contribution in [0.25, 0.3) is 0 Å². The van der Waals surface area contributed by atoms with E-state index in [9.17, 15) is 9.59 Å². The normalized spacial score (nSPS) is 21.1. The van der Waals surface area contributed by atoms with Gasteiger partial charge >= 0.3 is 0 Å². The lowest BCUT2D eigenvalue weighted by molar-refractivity contribution is -0.140. The van der Waals surface area contributed by atoms with Crippen LogP contribution in [-0.4, -0.2) is 59.1 Å². The van der Waals surface area contributed by atoms with Crippen LogP contribution in [0.1, 0.15) is 25.1 Å². The molecule has 0 spiro atoms. The molecule has 1 aromatic rings. The third-order valence-corrected chi connectivity index (χ3v) is 4.31. The Bertz CT molecular complexity index is 543. The number of rotatable bonds is 6. The number of nitrogens with one attached hydrogen (secondary N) is 1. The molecule has 122 valence electrons. The molecule has 0 aromatic carbocycles. The topological polar surface area (TPSA) is 76.5 Å². The summed E-state index contributed by atoms with van der Waals surface area (Å²) in [5.41, 5.74) is -0.541. The fraction of sp³-hybridized carbons (Fsp3) is 0.667.